The topological polar surface area (TPSA) is 70.9 Å². The van der Waals surface area contributed by atoms with Crippen molar-refractivity contribution in [1.29, 1.82) is 0 Å². The van der Waals surface area contributed by atoms with Crippen LogP contribution in [-0.2, 0) is 4.79 Å². The molecular weight excluding hydrogens is 372 g/mol. The van der Waals surface area contributed by atoms with Gasteiger partial charge < -0.3 is 9.84 Å². The lowest BCUT2D eigenvalue weighted by molar-refractivity contribution is -0.129. The number of ether oxygens (including phenoxy) is 1. The van der Waals surface area contributed by atoms with E-state index >= 15 is 0 Å². The predicted octanol–water partition coefficient (Wildman–Crippen LogP) is 3.42. The maximum Gasteiger partial charge on any atom is 0.273 e. The molecule has 0 aliphatic carbocycles. The van der Waals surface area contributed by atoms with Crippen molar-refractivity contribution < 1.29 is 14.6 Å². The maximum absolute atomic E-state index is 12.0. The van der Waals surface area contributed by atoms with E-state index in [4.69, 9.17) is 4.74 Å². The van der Waals surface area contributed by atoms with Crippen molar-refractivity contribution in [2.75, 3.05) is 6.61 Å². The van der Waals surface area contributed by atoms with Gasteiger partial charge in [0.25, 0.3) is 5.91 Å². The van der Waals surface area contributed by atoms with E-state index in [1.807, 2.05) is 31.2 Å². The van der Waals surface area contributed by atoms with E-state index in [0.29, 0.717) is 17.9 Å². The number of carbonyl (C=O) groups excluding carboxylic acids is 1. The summed E-state index contributed by atoms with van der Waals surface area (Å²) < 4.78 is 6.49. The van der Waals surface area contributed by atoms with Gasteiger partial charge in [0.15, 0.2) is 6.10 Å². The van der Waals surface area contributed by atoms with Crippen LogP contribution >= 0.6 is 15.9 Å². The van der Waals surface area contributed by atoms with Gasteiger partial charge in [0.05, 0.1) is 12.8 Å². The summed E-state index contributed by atoms with van der Waals surface area (Å²) in [6, 6.07) is 14.3. The second-order valence-electron chi connectivity index (χ2n) is 5.07. The van der Waals surface area contributed by atoms with E-state index in [1.54, 1.807) is 24.3 Å². The Balaban J connectivity index is 1.98. The second-order valence-corrected chi connectivity index (χ2v) is 5.99. The molecule has 1 unspecified atom stereocenters. The molecule has 5 nitrogen and oxygen atoms in total. The third-order valence-electron chi connectivity index (χ3n) is 3.19. The quantitative estimate of drug-likeness (QED) is 0.561. The minimum absolute atomic E-state index is 0.498. The molecule has 1 atom stereocenters. The number of aliphatic hydroxyl groups excluding tert-OH is 1. The summed E-state index contributed by atoms with van der Waals surface area (Å²) in [6.07, 6.45) is 1.13. The lowest BCUT2D eigenvalue weighted by atomic mass is 10.1. The first-order chi connectivity index (χ1) is 11.6. The summed E-state index contributed by atoms with van der Waals surface area (Å²) in [5, 5.41) is 13.9. The fourth-order valence-electron chi connectivity index (χ4n) is 1.95. The summed E-state index contributed by atoms with van der Waals surface area (Å²) >= 11 is 3.31. The average molecular weight is 391 g/mol. The summed E-state index contributed by atoms with van der Waals surface area (Å²) in [6.45, 7) is 2.64. The Morgan fingerprint density at radius 3 is 2.71 bits per heavy atom. The maximum atomic E-state index is 12.0. The van der Waals surface area contributed by atoms with Crippen LogP contribution in [-0.4, -0.2) is 23.8 Å². The Bertz CT molecular complexity index is 702. The van der Waals surface area contributed by atoms with Gasteiger partial charge in [-0.25, -0.2) is 5.43 Å². The molecule has 0 heterocycles. The highest BCUT2D eigenvalue weighted by Crippen LogP contribution is 2.17. The molecule has 2 rings (SSSR count). The average Bonchev–Trinajstić information content (AvgIpc) is 2.60. The van der Waals surface area contributed by atoms with Gasteiger partial charge in [0.1, 0.15) is 5.75 Å². The number of hydrogen-bond donors (Lipinski definition) is 2. The zero-order chi connectivity index (χ0) is 17.4. The number of rotatable bonds is 7. The number of amides is 1. The van der Waals surface area contributed by atoms with Gasteiger partial charge in [-0.05, 0) is 36.2 Å². The molecule has 24 heavy (non-hydrogen) atoms. The van der Waals surface area contributed by atoms with E-state index < -0.39 is 12.0 Å². The molecule has 0 fully saturated rings. The molecule has 1 amide bonds. The summed E-state index contributed by atoms with van der Waals surface area (Å²) in [4.78, 5) is 12.0. The van der Waals surface area contributed by atoms with Crippen LogP contribution in [0.25, 0.3) is 0 Å². The number of nitrogens with zero attached hydrogens (tertiary/aromatic N) is 1. The molecule has 0 saturated heterocycles. The number of halogens is 1. The minimum atomic E-state index is -1.28. The number of para-hydroxylation sites is 1. The van der Waals surface area contributed by atoms with Crippen LogP contribution in [0.1, 0.15) is 30.6 Å². The number of aliphatic hydroxyl groups is 1. The first-order valence-corrected chi connectivity index (χ1v) is 8.39. The van der Waals surface area contributed by atoms with E-state index in [2.05, 4.69) is 26.5 Å². The standard InChI is InChI=1S/C18H19BrN2O3/c1-2-11-24-16-6-4-3-5-14(16)12-20-21-18(23)17(22)13-7-9-15(19)10-8-13/h3-10,12,17,22H,2,11H2,1H3,(H,21,23)/b20-12+. The smallest absolute Gasteiger partial charge is 0.273 e. The zero-order valence-corrected chi connectivity index (χ0v) is 14.9. The van der Waals surface area contributed by atoms with Crippen molar-refractivity contribution in [2.45, 2.75) is 19.4 Å². The molecule has 2 N–H and O–H groups in total. The lowest BCUT2D eigenvalue weighted by Crippen LogP contribution is -2.25. The van der Waals surface area contributed by atoms with E-state index in [9.17, 15) is 9.90 Å². The van der Waals surface area contributed by atoms with Gasteiger partial charge >= 0.3 is 0 Å². The highest BCUT2D eigenvalue weighted by Gasteiger charge is 2.16. The molecule has 0 saturated carbocycles. The second kappa shape index (κ2) is 9.20. The molecule has 0 bridgehead atoms. The van der Waals surface area contributed by atoms with Gasteiger partial charge in [-0.3, -0.25) is 4.79 Å². The molecule has 0 aliphatic heterocycles. The SMILES string of the molecule is CCCOc1ccccc1/C=N/NC(=O)C(O)c1ccc(Br)cc1. The van der Waals surface area contributed by atoms with Gasteiger partial charge in [-0.1, -0.05) is 47.1 Å². The van der Waals surface area contributed by atoms with E-state index in [-0.39, 0.29) is 0 Å². The van der Waals surface area contributed by atoms with E-state index in [0.717, 1.165) is 16.5 Å². The monoisotopic (exact) mass is 390 g/mol. The molecule has 0 spiro atoms. The number of nitrogens with one attached hydrogen (secondary N) is 1. The first-order valence-electron chi connectivity index (χ1n) is 7.60. The van der Waals surface area contributed by atoms with Crippen molar-refractivity contribution in [2.24, 2.45) is 5.10 Å². The highest BCUT2D eigenvalue weighted by atomic mass is 79.9. The van der Waals surface area contributed by atoms with Crippen LogP contribution in [0.3, 0.4) is 0 Å². The van der Waals surface area contributed by atoms with Gasteiger partial charge in [-0.15, -0.1) is 0 Å². The van der Waals surface area contributed by atoms with Gasteiger partial charge in [0.2, 0.25) is 0 Å². The molecule has 6 heteroatoms. The minimum Gasteiger partial charge on any atom is -0.493 e. The number of hydrazone groups is 1. The zero-order valence-electron chi connectivity index (χ0n) is 13.3. The number of carbonyl (C=O) groups is 1. The Labute approximate surface area is 149 Å². The van der Waals surface area contributed by atoms with Crippen molar-refractivity contribution >= 4 is 28.1 Å². The van der Waals surface area contributed by atoms with Crippen LogP contribution in [0.15, 0.2) is 58.1 Å². The van der Waals surface area contributed by atoms with Crippen molar-refractivity contribution in [3.05, 3.63) is 64.1 Å². The largest absolute Gasteiger partial charge is 0.493 e. The molecule has 126 valence electrons. The molecule has 0 aromatic heterocycles. The molecule has 0 radical (unpaired) electrons. The van der Waals surface area contributed by atoms with E-state index in [1.165, 1.54) is 6.21 Å². The summed E-state index contributed by atoms with van der Waals surface area (Å²) in [5.74, 6) is 0.103. The fourth-order valence-corrected chi connectivity index (χ4v) is 2.22. The van der Waals surface area contributed by atoms with Crippen LogP contribution < -0.4 is 10.2 Å². The molecule has 2 aromatic carbocycles. The van der Waals surface area contributed by atoms with Crippen molar-refractivity contribution in [3.8, 4) is 5.75 Å². The van der Waals surface area contributed by atoms with Crippen molar-refractivity contribution in [1.82, 2.24) is 5.43 Å². The third-order valence-corrected chi connectivity index (χ3v) is 3.72. The number of benzene rings is 2. The Morgan fingerprint density at radius 2 is 2.00 bits per heavy atom. The molecular formula is C18H19BrN2O3. The molecule has 2 aromatic rings. The van der Waals surface area contributed by atoms with Gasteiger partial charge in [-0.2, -0.15) is 5.10 Å². The fraction of sp³-hybridized carbons (Fsp3) is 0.222. The van der Waals surface area contributed by atoms with Crippen LogP contribution in [0.5, 0.6) is 5.75 Å². The lowest BCUT2D eigenvalue weighted by Gasteiger charge is -2.09. The first kappa shape index (κ1) is 18.2. The van der Waals surface area contributed by atoms with Crippen molar-refractivity contribution in [3.63, 3.8) is 0 Å². The predicted molar refractivity (Wildman–Crippen MR) is 97.1 cm³/mol. The highest BCUT2D eigenvalue weighted by molar-refractivity contribution is 9.10. The normalized spacial score (nSPS) is 12.1. The summed E-state index contributed by atoms with van der Waals surface area (Å²) in [5.41, 5.74) is 3.59. The number of hydrogen-bond acceptors (Lipinski definition) is 4. The van der Waals surface area contributed by atoms with Gasteiger partial charge in [0, 0.05) is 10.0 Å². The van der Waals surface area contributed by atoms with Crippen LogP contribution in [0.4, 0.5) is 0 Å². The molecule has 0 aliphatic rings. The van der Waals surface area contributed by atoms with Crippen LogP contribution in [0, 0.1) is 0 Å². The Hall–Kier alpha value is -2.18. The summed E-state index contributed by atoms with van der Waals surface area (Å²) in [7, 11) is 0. The third kappa shape index (κ3) is 5.18. The van der Waals surface area contributed by atoms with Crippen LogP contribution in [0.2, 0.25) is 0 Å². The Morgan fingerprint density at radius 1 is 1.29 bits per heavy atom. The Kier molecular flexibility index (Phi) is 6.96.